The van der Waals surface area contributed by atoms with Gasteiger partial charge in [-0.1, -0.05) is 18.2 Å². The average Bonchev–Trinajstić information content (AvgIpc) is 2.26. The second-order valence-electron chi connectivity index (χ2n) is 2.75. The average molecular weight is 193 g/mol. The smallest absolute Gasteiger partial charge is 0.187 e. The van der Waals surface area contributed by atoms with Crippen LogP contribution >= 0.6 is 0 Å². The first-order valence-corrected chi connectivity index (χ1v) is 4.18. The summed E-state index contributed by atoms with van der Waals surface area (Å²) < 4.78 is 0. The predicted octanol–water partition coefficient (Wildman–Crippen LogP) is 0.227. The summed E-state index contributed by atoms with van der Waals surface area (Å²) in [5, 5.41) is 11.3. The lowest BCUT2D eigenvalue weighted by molar-refractivity contribution is -0.125. The van der Waals surface area contributed by atoms with Gasteiger partial charge in [-0.05, 0) is 12.1 Å². The van der Waals surface area contributed by atoms with Crippen molar-refractivity contribution in [1.29, 1.82) is 0 Å². The summed E-state index contributed by atoms with van der Waals surface area (Å²) in [6.07, 6.45) is 0.478. The molecule has 0 amide bonds. The van der Waals surface area contributed by atoms with Gasteiger partial charge in [-0.3, -0.25) is 4.79 Å². The molecule has 14 heavy (non-hydrogen) atoms. The number of aldehydes is 1. The second-order valence-corrected chi connectivity index (χ2v) is 2.75. The number of carbonyl (C=O) groups excluding carboxylic acids is 2. The molecule has 0 radical (unpaired) electrons. The Balaban J connectivity index is 2.66. The molecule has 2 N–H and O–H groups in total. The van der Waals surface area contributed by atoms with Gasteiger partial charge < -0.3 is 15.2 Å². The van der Waals surface area contributed by atoms with Crippen LogP contribution in [0.15, 0.2) is 30.3 Å². The third-order valence-corrected chi connectivity index (χ3v) is 1.73. The summed E-state index contributed by atoms with van der Waals surface area (Å²) in [7, 11) is 0. The van der Waals surface area contributed by atoms with Crippen molar-refractivity contribution in [1.82, 2.24) is 0 Å². The van der Waals surface area contributed by atoms with E-state index in [1.807, 2.05) is 6.07 Å². The van der Waals surface area contributed by atoms with Gasteiger partial charge >= 0.3 is 0 Å². The molecule has 0 aliphatic rings. The molecule has 4 heteroatoms. The fourth-order valence-electron chi connectivity index (χ4n) is 1.00. The van der Waals surface area contributed by atoms with Crippen LogP contribution in [0.3, 0.4) is 0 Å². The highest BCUT2D eigenvalue weighted by Gasteiger charge is 2.15. The number of aliphatic hydroxyl groups excluding tert-OH is 1. The minimum atomic E-state index is -0.970. The summed E-state index contributed by atoms with van der Waals surface area (Å²) >= 11 is 0. The van der Waals surface area contributed by atoms with Crippen LogP contribution in [0.25, 0.3) is 0 Å². The number of rotatable bonds is 5. The van der Waals surface area contributed by atoms with Gasteiger partial charge in [0.15, 0.2) is 5.78 Å². The molecule has 1 rings (SSSR count). The number of ketones is 1. The van der Waals surface area contributed by atoms with E-state index in [0.29, 0.717) is 12.0 Å². The van der Waals surface area contributed by atoms with E-state index in [0.717, 1.165) is 0 Å². The largest absolute Gasteiger partial charge is 0.388 e. The van der Waals surface area contributed by atoms with E-state index in [1.165, 1.54) is 0 Å². The maximum absolute atomic E-state index is 11.0. The molecule has 0 aliphatic heterocycles. The molecule has 1 atom stereocenters. The molecule has 1 aromatic carbocycles. The van der Waals surface area contributed by atoms with Crippen LogP contribution in [0.1, 0.15) is 0 Å². The van der Waals surface area contributed by atoms with Crippen LogP contribution in [0.2, 0.25) is 0 Å². The molecule has 74 valence electrons. The molecule has 0 saturated carbocycles. The monoisotopic (exact) mass is 193 g/mol. The number of hydrogen-bond donors (Lipinski definition) is 2. The van der Waals surface area contributed by atoms with Crippen molar-refractivity contribution >= 4 is 17.8 Å². The summed E-state index contributed by atoms with van der Waals surface area (Å²) in [5.41, 5.74) is 0.673. The van der Waals surface area contributed by atoms with E-state index in [-0.39, 0.29) is 0 Å². The van der Waals surface area contributed by atoms with E-state index in [4.69, 9.17) is 5.11 Å². The maximum atomic E-state index is 11.0. The number of Topliss-reactive ketones (excluding diaryl/α,β-unsaturated/α-hetero) is 1. The number of benzene rings is 1. The van der Waals surface area contributed by atoms with Gasteiger partial charge in [-0.15, -0.1) is 0 Å². The minimum absolute atomic E-state index is 0.478. The third-order valence-electron chi connectivity index (χ3n) is 1.73. The summed E-state index contributed by atoms with van der Waals surface area (Å²) in [6, 6.07) is 7.90. The van der Waals surface area contributed by atoms with Gasteiger partial charge in [-0.2, -0.15) is 0 Å². The minimum Gasteiger partial charge on any atom is -0.388 e. The van der Waals surface area contributed by atoms with Gasteiger partial charge in [0.25, 0.3) is 0 Å². The topological polar surface area (TPSA) is 66.4 Å². The normalized spacial score (nSPS) is 11.8. The Hall–Kier alpha value is -1.68. The molecule has 0 heterocycles. The number of anilines is 1. The van der Waals surface area contributed by atoms with Crippen LogP contribution in [-0.4, -0.2) is 29.8 Å². The van der Waals surface area contributed by atoms with Gasteiger partial charge in [0.2, 0.25) is 0 Å². The first kappa shape index (κ1) is 10.4. The zero-order valence-electron chi connectivity index (χ0n) is 7.51. The molecule has 1 unspecified atom stereocenters. The Bertz CT molecular complexity index is 310. The molecular weight excluding hydrogens is 182 g/mol. The maximum Gasteiger partial charge on any atom is 0.187 e. The number of para-hydroxylation sites is 1. The summed E-state index contributed by atoms with van der Waals surface area (Å²) in [4.78, 5) is 21.5. The van der Waals surface area contributed by atoms with Crippen molar-refractivity contribution in [2.24, 2.45) is 0 Å². The molecule has 0 saturated heterocycles. The Labute approximate surface area is 81.6 Å². The molecular formula is C10H11NO3. The molecule has 0 aliphatic carbocycles. The van der Waals surface area contributed by atoms with E-state index >= 15 is 0 Å². The molecule has 0 spiro atoms. The number of nitrogens with one attached hydrogen (secondary N) is 1. The molecule has 1 aromatic rings. The SMILES string of the molecule is O=CC(Nc1ccccc1)C(=O)CO. The van der Waals surface area contributed by atoms with Gasteiger partial charge in [0.05, 0.1) is 0 Å². The first-order chi connectivity index (χ1) is 6.77. The van der Waals surface area contributed by atoms with Crippen molar-refractivity contribution in [3.05, 3.63) is 30.3 Å². The van der Waals surface area contributed by atoms with E-state index in [2.05, 4.69) is 5.32 Å². The molecule has 0 aromatic heterocycles. The van der Waals surface area contributed by atoms with Crippen LogP contribution < -0.4 is 5.32 Å². The van der Waals surface area contributed by atoms with E-state index < -0.39 is 18.4 Å². The summed E-state index contributed by atoms with van der Waals surface area (Å²) in [5.74, 6) is -0.538. The highest BCUT2D eigenvalue weighted by Crippen LogP contribution is 2.06. The first-order valence-electron chi connectivity index (χ1n) is 4.18. The lowest BCUT2D eigenvalue weighted by atomic mass is 10.2. The third kappa shape index (κ3) is 2.67. The van der Waals surface area contributed by atoms with Crippen molar-refractivity contribution in [2.45, 2.75) is 6.04 Å². The number of aliphatic hydroxyl groups is 1. The van der Waals surface area contributed by atoms with Crippen molar-refractivity contribution < 1.29 is 14.7 Å². The number of carbonyl (C=O) groups is 2. The molecule has 4 nitrogen and oxygen atoms in total. The van der Waals surface area contributed by atoms with E-state index in [9.17, 15) is 9.59 Å². The highest BCUT2D eigenvalue weighted by atomic mass is 16.3. The van der Waals surface area contributed by atoms with Crippen LogP contribution in [0.4, 0.5) is 5.69 Å². The lowest BCUT2D eigenvalue weighted by Crippen LogP contribution is -2.33. The van der Waals surface area contributed by atoms with Crippen molar-refractivity contribution in [2.75, 3.05) is 11.9 Å². The Morgan fingerprint density at radius 2 is 2.07 bits per heavy atom. The fraction of sp³-hybridized carbons (Fsp3) is 0.200. The zero-order chi connectivity index (χ0) is 10.4. The Kier molecular flexibility index (Phi) is 3.82. The predicted molar refractivity (Wildman–Crippen MR) is 52.0 cm³/mol. The van der Waals surface area contributed by atoms with Crippen molar-refractivity contribution in [3.63, 3.8) is 0 Å². The molecule has 0 bridgehead atoms. The second kappa shape index (κ2) is 5.14. The summed E-state index contributed by atoms with van der Waals surface area (Å²) in [6.45, 7) is -0.636. The van der Waals surface area contributed by atoms with Crippen LogP contribution in [-0.2, 0) is 9.59 Å². The quantitative estimate of drug-likeness (QED) is 0.519. The fourth-order valence-corrected chi connectivity index (χ4v) is 1.00. The van der Waals surface area contributed by atoms with Gasteiger partial charge in [0, 0.05) is 5.69 Å². The zero-order valence-corrected chi connectivity index (χ0v) is 7.51. The highest BCUT2D eigenvalue weighted by molar-refractivity contribution is 6.00. The molecule has 0 fully saturated rings. The van der Waals surface area contributed by atoms with Gasteiger partial charge in [0.1, 0.15) is 18.9 Å². The number of hydrogen-bond acceptors (Lipinski definition) is 4. The van der Waals surface area contributed by atoms with Crippen LogP contribution in [0.5, 0.6) is 0 Å². The lowest BCUT2D eigenvalue weighted by Gasteiger charge is -2.11. The van der Waals surface area contributed by atoms with Crippen LogP contribution in [0, 0.1) is 0 Å². The Morgan fingerprint density at radius 3 is 2.57 bits per heavy atom. The van der Waals surface area contributed by atoms with E-state index in [1.54, 1.807) is 24.3 Å². The standard InChI is InChI=1S/C10H11NO3/c12-6-9(10(14)7-13)11-8-4-2-1-3-5-8/h1-6,9,11,13H,7H2. The van der Waals surface area contributed by atoms with Crippen molar-refractivity contribution in [3.8, 4) is 0 Å². The van der Waals surface area contributed by atoms with Gasteiger partial charge in [-0.25, -0.2) is 0 Å². The Morgan fingerprint density at radius 1 is 1.43 bits per heavy atom.